The average molecular weight is 314 g/mol. The number of carbonyl (C=O) groups excluding carboxylic acids is 1. The number of esters is 1. The first-order valence-electron chi connectivity index (χ1n) is 7.26. The maximum Gasteiger partial charge on any atom is 0.342 e. The van der Waals surface area contributed by atoms with Crippen LogP contribution < -0.4 is 14.2 Å². The summed E-state index contributed by atoms with van der Waals surface area (Å²) in [6.45, 7) is 0. The molecule has 0 amide bonds. The summed E-state index contributed by atoms with van der Waals surface area (Å²) >= 11 is 0. The third-order valence-corrected chi connectivity index (χ3v) is 3.94. The van der Waals surface area contributed by atoms with E-state index in [1.54, 1.807) is 20.3 Å². The largest absolute Gasteiger partial charge is 0.497 e. The number of methoxy groups -OCH3 is 3. The Labute approximate surface area is 134 Å². The summed E-state index contributed by atoms with van der Waals surface area (Å²) in [5.74, 6) is 1.54. The van der Waals surface area contributed by atoms with Gasteiger partial charge in [-0.1, -0.05) is 12.1 Å². The van der Waals surface area contributed by atoms with Gasteiger partial charge in [0.25, 0.3) is 0 Å². The van der Waals surface area contributed by atoms with Crippen molar-refractivity contribution < 1.29 is 23.7 Å². The molecule has 2 aromatic carbocycles. The van der Waals surface area contributed by atoms with Crippen molar-refractivity contribution in [3.05, 3.63) is 53.1 Å². The summed E-state index contributed by atoms with van der Waals surface area (Å²) in [7, 11) is 4.74. The standard InChI is InChI=1S/C18H18O5/c1-20-12-6-4-11(5-7-12)8-15-14-9-13(21-2)10-16(22-3)17(14)18(19)23-15/h4-7,9-10,15H,8H2,1-3H3/t15-/m0/s1. The number of cyclic esters (lactones) is 1. The van der Waals surface area contributed by atoms with Crippen molar-refractivity contribution >= 4 is 5.97 Å². The first-order valence-corrected chi connectivity index (χ1v) is 7.26. The van der Waals surface area contributed by atoms with Gasteiger partial charge in [-0.25, -0.2) is 4.79 Å². The van der Waals surface area contributed by atoms with E-state index in [1.165, 1.54) is 7.11 Å². The van der Waals surface area contributed by atoms with E-state index in [0.717, 1.165) is 16.9 Å². The molecule has 1 aliphatic rings. The first kappa shape index (κ1) is 15.2. The minimum absolute atomic E-state index is 0.352. The van der Waals surface area contributed by atoms with Crippen LogP contribution in [-0.2, 0) is 11.2 Å². The van der Waals surface area contributed by atoms with Crippen LogP contribution in [0.3, 0.4) is 0 Å². The number of fused-ring (bicyclic) bond motifs is 1. The normalized spacial score (nSPS) is 15.8. The molecule has 5 nitrogen and oxygen atoms in total. The second-order valence-electron chi connectivity index (χ2n) is 5.24. The fraction of sp³-hybridized carbons (Fsp3) is 0.278. The van der Waals surface area contributed by atoms with Crippen LogP contribution in [0.15, 0.2) is 36.4 Å². The highest BCUT2D eigenvalue weighted by atomic mass is 16.6. The number of hydrogen-bond donors (Lipinski definition) is 0. The summed E-state index contributed by atoms with van der Waals surface area (Å²) in [6, 6.07) is 11.2. The molecule has 0 fully saturated rings. The van der Waals surface area contributed by atoms with Crippen molar-refractivity contribution in [1.82, 2.24) is 0 Å². The Hall–Kier alpha value is -2.69. The van der Waals surface area contributed by atoms with Crippen molar-refractivity contribution in [2.75, 3.05) is 21.3 Å². The molecule has 0 N–H and O–H groups in total. The number of carbonyl (C=O) groups is 1. The van der Waals surface area contributed by atoms with E-state index >= 15 is 0 Å². The van der Waals surface area contributed by atoms with Crippen molar-refractivity contribution in [3.63, 3.8) is 0 Å². The van der Waals surface area contributed by atoms with Crippen molar-refractivity contribution in [2.24, 2.45) is 0 Å². The van der Waals surface area contributed by atoms with Crippen molar-refractivity contribution in [1.29, 1.82) is 0 Å². The third-order valence-electron chi connectivity index (χ3n) is 3.94. The van der Waals surface area contributed by atoms with Gasteiger partial charge >= 0.3 is 5.97 Å². The first-order chi connectivity index (χ1) is 11.2. The fourth-order valence-electron chi connectivity index (χ4n) is 2.74. The molecule has 3 rings (SSSR count). The molecule has 120 valence electrons. The van der Waals surface area contributed by atoms with Gasteiger partial charge in [0.15, 0.2) is 0 Å². The maximum atomic E-state index is 12.2. The van der Waals surface area contributed by atoms with E-state index < -0.39 is 0 Å². The highest BCUT2D eigenvalue weighted by Gasteiger charge is 2.35. The zero-order chi connectivity index (χ0) is 16.4. The summed E-state index contributed by atoms with van der Waals surface area (Å²) in [4.78, 5) is 12.2. The van der Waals surface area contributed by atoms with Crippen LogP contribution in [0.5, 0.6) is 17.2 Å². The predicted octanol–water partition coefficient (Wildman–Crippen LogP) is 3.17. The zero-order valence-corrected chi connectivity index (χ0v) is 13.3. The molecule has 1 atom stereocenters. The third kappa shape index (κ3) is 2.82. The van der Waals surface area contributed by atoms with Gasteiger partial charge in [-0.3, -0.25) is 0 Å². The van der Waals surface area contributed by atoms with Crippen LogP contribution >= 0.6 is 0 Å². The lowest BCUT2D eigenvalue weighted by Gasteiger charge is -2.12. The second-order valence-corrected chi connectivity index (χ2v) is 5.24. The molecule has 0 saturated heterocycles. The number of rotatable bonds is 5. The molecule has 0 aromatic heterocycles. The summed E-state index contributed by atoms with van der Waals surface area (Å²) in [5, 5.41) is 0. The van der Waals surface area contributed by atoms with E-state index in [2.05, 4.69) is 0 Å². The SMILES string of the molecule is COc1ccc(C[C@@H]2OC(=O)c3c(OC)cc(OC)cc32)cc1. The topological polar surface area (TPSA) is 54.0 Å². The van der Waals surface area contributed by atoms with Gasteiger partial charge in [-0.05, 0) is 23.8 Å². The number of ether oxygens (including phenoxy) is 4. The number of hydrogen-bond acceptors (Lipinski definition) is 5. The summed E-state index contributed by atoms with van der Waals surface area (Å²) < 4.78 is 21.3. The Morgan fingerprint density at radius 2 is 1.65 bits per heavy atom. The molecular weight excluding hydrogens is 296 g/mol. The van der Waals surface area contributed by atoms with Gasteiger partial charge in [-0.15, -0.1) is 0 Å². The molecule has 1 aliphatic heterocycles. The van der Waals surface area contributed by atoms with Gasteiger partial charge in [-0.2, -0.15) is 0 Å². The van der Waals surface area contributed by atoms with Crippen LogP contribution in [0, 0.1) is 0 Å². The molecule has 2 aromatic rings. The van der Waals surface area contributed by atoms with Gasteiger partial charge in [0.2, 0.25) is 0 Å². The molecule has 0 bridgehead atoms. The minimum atomic E-state index is -0.363. The van der Waals surface area contributed by atoms with Gasteiger partial charge < -0.3 is 18.9 Å². The molecule has 5 heteroatoms. The maximum absolute atomic E-state index is 12.2. The second kappa shape index (κ2) is 6.20. The lowest BCUT2D eigenvalue weighted by molar-refractivity contribution is 0.0385. The van der Waals surface area contributed by atoms with Crippen LogP contribution in [0.2, 0.25) is 0 Å². The van der Waals surface area contributed by atoms with E-state index in [9.17, 15) is 4.79 Å². The Balaban J connectivity index is 1.93. The Bertz CT molecular complexity index is 721. The monoisotopic (exact) mass is 314 g/mol. The van der Waals surface area contributed by atoms with Crippen LogP contribution in [0.1, 0.15) is 27.6 Å². The lowest BCUT2D eigenvalue weighted by atomic mass is 9.98. The van der Waals surface area contributed by atoms with E-state index in [4.69, 9.17) is 18.9 Å². The highest BCUT2D eigenvalue weighted by Crippen LogP contribution is 2.41. The molecule has 23 heavy (non-hydrogen) atoms. The molecule has 1 heterocycles. The molecule has 0 aliphatic carbocycles. The highest BCUT2D eigenvalue weighted by molar-refractivity contribution is 5.97. The van der Waals surface area contributed by atoms with Crippen LogP contribution in [0.25, 0.3) is 0 Å². The van der Waals surface area contributed by atoms with Crippen LogP contribution in [-0.4, -0.2) is 27.3 Å². The van der Waals surface area contributed by atoms with Gasteiger partial charge in [0.05, 0.1) is 21.3 Å². The fourth-order valence-corrected chi connectivity index (χ4v) is 2.74. The number of benzene rings is 2. The summed E-state index contributed by atoms with van der Waals surface area (Å²) in [5.41, 5.74) is 2.33. The lowest BCUT2D eigenvalue weighted by Crippen LogP contribution is -2.02. The molecule has 0 saturated carbocycles. The Kier molecular flexibility index (Phi) is 4.10. The molecule has 0 unspecified atom stereocenters. The average Bonchev–Trinajstić information content (AvgIpc) is 2.90. The van der Waals surface area contributed by atoms with Crippen LogP contribution in [0.4, 0.5) is 0 Å². The van der Waals surface area contributed by atoms with Crippen molar-refractivity contribution in [2.45, 2.75) is 12.5 Å². The van der Waals surface area contributed by atoms with E-state index in [1.807, 2.05) is 30.3 Å². The Morgan fingerprint density at radius 1 is 0.957 bits per heavy atom. The Morgan fingerprint density at radius 3 is 2.26 bits per heavy atom. The molecular formula is C18H18O5. The van der Waals surface area contributed by atoms with Gasteiger partial charge in [0.1, 0.15) is 28.9 Å². The predicted molar refractivity (Wildman–Crippen MR) is 84.4 cm³/mol. The summed E-state index contributed by atoms with van der Waals surface area (Å²) in [6.07, 6.45) is 0.230. The molecule has 0 spiro atoms. The van der Waals surface area contributed by atoms with Gasteiger partial charge in [0, 0.05) is 18.1 Å². The smallest absolute Gasteiger partial charge is 0.342 e. The minimum Gasteiger partial charge on any atom is -0.497 e. The van der Waals surface area contributed by atoms with E-state index in [-0.39, 0.29) is 12.1 Å². The molecule has 0 radical (unpaired) electrons. The van der Waals surface area contributed by atoms with E-state index in [0.29, 0.717) is 23.5 Å². The van der Waals surface area contributed by atoms with Crippen molar-refractivity contribution in [3.8, 4) is 17.2 Å². The quantitative estimate of drug-likeness (QED) is 0.794. The zero-order valence-electron chi connectivity index (χ0n) is 13.3.